The average molecular weight is 270 g/mol. The third-order valence-electron chi connectivity index (χ3n) is 3.73. The van der Waals surface area contributed by atoms with Gasteiger partial charge in [-0.3, -0.25) is 4.79 Å². The fourth-order valence-electron chi connectivity index (χ4n) is 2.50. The molecule has 0 spiro atoms. The minimum absolute atomic E-state index is 0.1000. The molecule has 3 nitrogen and oxygen atoms in total. The van der Waals surface area contributed by atoms with Crippen molar-refractivity contribution in [1.29, 1.82) is 0 Å². The zero-order valence-corrected chi connectivity index (χ0v) is 10.5. The van der Waals surface area contributed by atoms with Crippen LogP contribution in [0.2, 0.25) is 5.02 Å². The fraction of sp³-hybridized carbons (Fsp3) is 0.462. The summed E-state index contributed by atoms with van der Waals surface area (Å²) in [5.41, 5.74) is -0.857. The Kier molecular flexibility index (Phi) is 2.61. The molecule has 18 heavy (non-hydrogen) atoms. The molecule has 1 saturated carbocycles. The lowest BCUT2D eigenvalue weighted by Gasteiger charge is -2.47. The molecule has 3 rings (SSSR count). The van der Waals surface area contributed by atoms with Gasteiger partial charge in [0.2, 0.25) is 0 Å². The number of β-amino-alcohol motifs (C(OH)–C–C–N with tert-alkyl or cyclic N) is 1. The molecule has 2 aliphatic rings. The number of hydrogen-bond donors (Lipinski definition) is 1. The molecule has 5 heteroatoms. The summed E-state index contributed by atoms with van der Waals surface area (Å²) in [4.78, 5) is 13.5. The lowest BCUT2D eigenvalue weighted by Crippen LogP contribution is -2.64. The average Bonchev–Trinajstić information content (AvgIpc) is 3.08. The van der Waals surface area contributed by atoms with Gasteiger partial charge in [-0.1, -0.05) is 17.7 Å². The van der Waals surface area contributed by atoms with Crippen LogP contribution < -0.4 is 0 Å². The van der Waals surface area contributed by atoms with E-state index < -0.39 is 17.3 Å². The van der Waals surface area contributed by atoms with Crippen molar-refractivity contribution in [3.8, 4) is 0 Å². The largest absolute Gasteiger partial charge is 0.386 e. The van der Waals surface area contributed by atoms with E-state index in [1.165, 1.54) is 23.1 Å². The van der Waals surface area contributed by atoms with Crippen molar-refractivity contribution in [3.63, 3.8) is 0 Å². The maximum atomic E-state index is 13.6. The summed E-state index contributed by atoms with van der Waals surface area (Å²) >= 11 is 5.85. The Hall–Kier alpha value is -1.13. The van der Waals surface area contributed by atoms with Crippen molar-refractivity contribution < 1.29 is 14.3 Å². The van der Waals surface area contributed by atoms with Crippen LogP contribution in [0.5, 0.6) is 0 Å². The molecule has 1 aromatic carbocycles. The summed E-state index contributed by atoms with van der Waals surface area (Å²) in [6.07, 6.45) is 2.03. The monoisotopic (exact) mass is 269 g/mol. The topological polar surface area (TPSA) is 40.5 Å². The number of carbonyl (C=O) groups excluding carboxylic acids is 1. The highest BCUT2D eigenvalue weighted by atomic mass is 35.5. The second-order valence-electron chi connectivity index (χ2n) is 5.14. The van der Waals surface area contributed by atoms with E-state index in [9.17, 15) is 14.3 Å². The first-order chi connectivity index (χ1) is 8.51. The van der Waals surface area contributed by atoms with Crippen molar-refractivity contribution >= 4 is 17.5 Å². The van der Waals surface area contributed by atoms with E-state index in [4.69, 9.17) is 11.6 Å². The first kappa shape index (κ1) is 11.9. The zero-order valence-electron chi connectivity index (χ0n) is 9.70. The molecule has 0 bridgehead atoms. The molecule has 1 aromatic rings. The van der Waals surface area contributed by atoms with Crippen LogP contribution in [0.4, 0.5) is 4.39 Å². The minimum atomic E-state index is -0.757. The van der Waals surface area contributed by atoms with E-state index in [1.807, 2.05) is 0 Å². The van der Waals surface area contributed by atoms with Crippen LogP contribution in [0, 0.1) is 11.7 Å². The molecular weight excluding hydrogens is 257 g/mol. The number of nitrogens with zero attached hydrogens (tertiary/aromatic N) is 1. The Morgan fingerprint density at radius 1 is 1.44 bits per heavy atom. The Bertz CT molecular complexity index is 489. The SMILES string of the molecule is O=C(c1c(F)cccc1Cl)N1CC(O)(C2CC2)C1. The number of rotatable bonds is 2. The number of likely N-dealkylation sites (tertiary alicyclic amines) is 1. The number of carbonyl (C=O) groups is 1. The highest BCUT2D eigenvalue weighted by Crippen LogP contribution is 2.45. The Labute approximate surface area is 109 Å². The molecule has 1 heterocycles. The Morgan fingerprint density at radius 3 is 2.67 bits per heavy atom. The van der Waals surface area contributed by atoms with Crippen molar-refractivity contribution in [2.75, 3.05) is 13.1 Å². The molecular formula is C13H13ClFNO2. The predicted octanol–water partition coefficient (Wildman–Crippen LogP) is 2.08. The van der Waals surface area contributed by atoms with Gasteiger partial charge >= 0.3 is 0 Å². The lowest BCUT2D eigenvalue weighted by molar-refractivity contribution is -0.0959. The van der Waals surface area contributed by atoms with Gasteiger partial charge in [-0.15, -0.1) is 0 Å². The first-order valence-corrected chi connectivity index (χ1v) is 6.35. The molecule has 0 aromatic heterocycles. The summed E-state index contributed by atoms with van der Waals surface area (Å²) in [7, 11) is 0. The van der Waals surface area contributed by atoms with Gasteiger partial charge in [-0.25, -0.2) is 4.39 Å². The highest BCUT2D eigenvalue weighted by molar-refractivity contribution is 6.33. The van der Waals surface area contributed by atoms with E-state index in [2.05, 4.69) is 0 Å². The summed E-state index contributed by atoms with van der Waals surface area (Å²) in [5.74, 6) is -0.754. The second-order valence-corrected chi connectivity index (χ2v) is 5.54. The van der Waals surface area contributed by atoms with E-state index in [0.29, 0.717) is 5.92 Å². The van der Waals surface area contributed by atoms with Crippen LogP contribution in [0.1, 0.15) is 23.2 Å². The van der Waals surface area contributed by atoms with E-state index >= 15 is 0 Å². The number of amides is 1. The van der Waals surface area contributed by atoms with E-state index in [1.54, 1.807) is 0 Å². The Balaban J connectivity index is 1.76. The van der Waals surface area contributed by atoms with Crippen LogP contribution in [0.25, 0.3) is 0 Å². The molecule has 0 atom stereocenters. The summed E-state index contributed by atoms with van der Waals surface area (Å²) in [6, 6.07) is 4.17. The van der Waals surface area contributed by atoms with Gasteiger partial charge in [0.25, 0.3) is 5.91 Å². The van der Waals surface area contributed by atoms with Gasteiger partial charge < -0.3 is 10.0 Å². The molecule has 1 aliphatic carbocycles. The second kappa shape index (κ2) is 3.93. The highest BCUT2D eigenvalue weighted by Gasteiger charge is 2.53. The van der Waals surface area contributed by atoms with Crippen molar-refractivity contribution in [1.82, 2.24) is 4.90 Å². The van der Waals surface area contributed by atoms with Crippen molar-refractivity contribution in [3.05, 3.63) is 34.6 Å². The number of benzene rings is 1. The predicted molar refractivity (Wildman–Crippen MR) is 65.0 cm³/mol. The lowest BCUT2D eigenvalue weighted by atomic mass is 9.88. The molecule has 1 amide bonds. The molecule has 1 N–H and O–H groups in total. The molecule has 2 fully saturated rings. The van der Waals surface area contributed by atoms with Crippen LogP contribution >= 0.6 is 11.6 Å². The van der Waals surface area contributed by atoms with Crippen molar-refractivity contribution in [2.45, 2.75) is 18.4 Å². The standard InChI is InChI=1S/C13H13ClFNO2/c14-9-2-1-3-10(15)11(9)12(17)16-6-13(18,7-16)8-4-5-8/h1-3,8,18H,4-7H2. The van der Waals surface area contributed by atoms with E-state index in [-0.39, 0.29) is 23.7 Å². The normalized spacial score (nSPS) is 21.6. The molecule has 0 unspecified atom stereocenters. The van der Waals surface area contributed by atoms with Crippen LogP contribution in [-0.4, -0.2) is 34.6 Å². The third kappa shape index (κ3) is 1.80. The number of aliphatic hydroxyl groups is 1. The summed E-state index contributed by atoms with van der Waals surface area (Å²) in [6.45, 7) is 0.558. The number of hydrogen-bond acceptors (Lipinski definition) is 2. The molecule has 0 radical (unpaired) electrons. The third-order valence-corrected chi connectivity index (χ3v) is 4.05. The quantitative estimate of drug-likeness (QED) is 0.893. The van der Waals surface area contributed by atoms with Crippen LogP contribution in [0.3, 0.4) is 0 Å². The first-order valence-electron chi connectivity index (χ1n) is 5.97. The minimum Gasteiger partial charge on any atom is -0.386 e. The molecule has 1 aliphatic heterocycles. The zero-order chi connectivity index (χ0) is 12.9. The van der Waals surface area contributed by atoms with Gasteiger partial charge in [-0.05, 0) is 30.9 Å². The van der Waals surface area contributed by atoms with E-state index in [0.717, 1.165) is 12.8 Å². The summed E-state index contributed by atoms with van der Waals surface area (Å²) in [5, 5.41) is 10.2. The maximum absolute atomic E-state index is 13.6. The summed E-state index contributed by atoms with van der Waals surface area (Å²) < 4.78 is 13.6. The maximum Gasteiger partial charge on any atom is 0.258 e. The molecule has 1 saturated heterocycles. The fourth-order valence-corrected chi connectivity index (χ4v) is 2.74. The van der Waals surface area contributed by atoms with Gasteiger partial charge in [0, 0.05) is 0 Å². The van der Waals surface area contributed by atoms with Crippen LogP contribution in [0.15, 0.2) is 18.2 Å². The van der Waals surface area contributed by atoms with Gasteiger partial charge in [0.15, 0.2) is 0 Å². The van der Waals surface area contributed by atoms with Gasteiger partial charge in [-0.2, -0.15) is 0 Å². The van der Waals surface area contributed by atoms with Gasteiger partial charge in [0.05, 0.1) is 23.7 Å². The smallest absolute Gasteiger partial charge is 0.258 e. The van der Waals surface area contributed by atoms with Crippen molar-refractivity contribution in [2.24, 2.45) is 5.92 Å². The number of halogens is 2. The Morgan fingerprint density at radius 2 is 2.11 bits per heavy atom. The van der Waals surface area contributed by atoms with Gasteiger partial charge in [0.1, 0.15) is 11.4 Å². The van der Waals surface area contributed by atoms with Crippen LogP contribution in [-0.2, 0) is 0 Å². The molecule has 96 valence electrons.